The number of aliphatic carboxylic acids is 1. The van der Waals surface area contributed by atoms with Gasteiger partial charge >= 0.3 is 5.97 Å². The van der Waals surface area contributed by atoms with E-state index < -0.39 is 17.4 Å². The molecule has 2 rings (SSSR count). The Kier molecular flexibility index (Phi) is 4.51. The van der Waals surface area contributed by atoms with Crippen LogP contribution in [0.3, 0.4) is 0 Å². The first-order chi connectivity index (χ1) is 9.81. The molecule has 0 aromatic heterocycles. The maximum Gasteiger partial charge on any atom is 0.309 e. The highest BCUT2D eigenvalue weighted by Gasteiger charge is 2.38. The number of carbonyl (C=O) groups is 3. The molecule has 1 saturated carbocycles. The number of amides is 2. The molecule has 2 fully saturated rings. The minimum atomic E-state index is -1.15. The van der Waals surface area contributed by atoms with E-state index >= 15 is 0 Å². The molecule has 1 aliphatic carbocycles. The molecule has 0 bridgehead atoms. The highest BCUT2D eigenvalue weighted by Crippen LogP contribution is 2.24. The Hall–Kier alpha value is -1.63. The van der Waals surface area contributed by atoms with Crippen molar-refractivity contribution in [2.24, 2.45) is 5.41 Å². The maximum absolute atomic E-state index is 12.4. The lowest BCUT2D eigenvalue weighted by Gasteiger charge is -2.36. The van der Waals surface area contributed by atoms with Crippen molar-refractivity contribution >= 4 is 17.8 Å². The van der Waals surface area contributed by atoms with E-state index in [0.29, 0.717) is 13.2 Å². The zero-order valence-corrected chi connectivity index (χ0v) is 12.4. The minimum absolute atomic E-state index is 0.129. The fourth-order valence-electron chi connectivity index (χ4n) is 2.20. The summed E-state index contributed by atoms with van der Waals surface area (Å²) in [5, 5.41) is 12.0. The quantitative estimate of drug-likeness (QED) is 0.744. The van der Waals surface area contributed by atoms with E-state index in [1.807, 2.05) is 0 Å². The Labute approximate surface area is 123 Å². The van der Waals surface area contributed by atoms with E-state index in [4.69, 9.17) is 9.84 Å². The predicted octanol–water partition coefficient (Wildman–Crippen LogP) is -0.00670. The first-order valence-electron chi connectivity index (χ1n) is 7.22. The number of carboxylic acids is 1. The van der Waals surface area contributed by atoms with Crippen LogP contribution >= 0.6 is 0 Å². The molecule has 7 heteroatoms. The fraction of sp³-hybridized carbons (Fsp3) is 0.786. The van der Waals surface area contributed by atoms with Gasteiger partial charge < -0.3 is 20.1 Å². The van der Waals surface area contributed by atoms with Gasteiger partial charge in [-0.1, -0.05) is 0 Å². The largest absolute Gasteiger partial charge is 0.481 e. The van der Waals surface area contributed by atoms with E-state index in [-0.39, 0.29) is 30.9 Å². The Morgan fingerprint density at radius 1 is 1.33 bits per heavy atom. The molecule has 0 radical (unpaired) electrons. The molecule has 1 saturated heterocycles. The van der Waals surface area contributed by atoms with Crippen LogP contribution in [0.2, 0.25) is 0 Å². The lowest BCUT2D eigenvalue weighted by Crippen LogP contribution is -2.56. The summed E-state index contributed by atoms with van der Waals surface area (Å²) < 4.78 is 5.29. The summed E-state index contributed by atoms with van der Waals surface area (Å²) in [6.07, 6.45) is 1.81. The summed E-state index contributed by atoms with van der Waals surface area (Å²) >= 11 is 0. The van der Waals surface area contributed by atoms with Crippen molar-refractivity contribution in [3.63, 3.8) is 0 Å². The van der Waals surface area contributed by atoms with Crippen LogP contribution in [-0.4, -0.2) is 59.6 Å². The van der Waals surface area contributed by atoms with Crippen molar-refractivity contribution in [1.82, 2.24) is 10.2 Å². The number of nitrogens with one attached hydrogen (secondary N) is 1. The third-order valence-electron chi connectivity index (χ3n) is 3.85. The summed E-state index contributed by atoms with van der Waals surface area (Å²) in [6.45, 7) is 3.86. The first-order valence-corrected chi connectivity index (χ1v) is 7.22. The minimum Gasteiger partial charge on any atom is -0.481 e. The van der Waals surface area contributed by atoms with Crippen LogP contribution in [-0.2, 0) is 19.1 Å². The highest BCUT2D eigenvalue weighted by molar-refractivity contribution is 5.90. The van der Waals surface area contributed by atoms with Crippen molar-refractivity contribution in [1.29, 1.82) is 0 Å². The summed E-state index contributed by atoms with van der Waals surface area (Å²) in [4.78, 5) is 37.1. The molecule has 1 atom stereocenters. The van der Waals surface area contributed by atoms with Crippen LogP contribution in [0.1, 0.15) is 33.1 Å². The molecule has 2 N–H and O–H groups in total. The number of ether oxygens (including phenoxy) is 1. The van der Waals surface area contributed by atoms with E-state index in [9.17, 15) is 14.4 Å². The van der Waals surface area contributed by atoms with Gasteiger partial charge in [0.15, 0.2) is 0 Å². The van der Waals surface area contributed by atoms with Crippen LogP contribution in [0.15, 0.2) is 0 Å². The Bertz CT molecular complexity index is 445. The van der Waals surface area contributed by atoms with Gasteiger partial charge in [-0.15, -0.1) is 0 Å². The predicted molar refractivity (Wildman–Crippen MR) is 73.5 cm³/mol. The van der Waals surface area contributed by atoms with Crippen molar-refractivity contribution in [3.8, 4) is 0 Å². The second kappa shape index (κ2) is 6.01. The molecule has 1 unspecified atom stereocenters. The van der Waals surface area contributed by atoms with Gasteiger partial charge in [-0.3, -0.25) is 14.4 Å². The number of carboxylic acid groups (broad SMARTS) is 1. The van der Waals surface area contributed by atoms with Crippen LogP contribution in [0.25, 0.3) is 0 Å². The molecule has 21 heavy (non-hydrogen) atoms. The number of hydrogen-bond acceptors (Lipinski definition) is 4. The average molecular weight is 298 g/mol. The SMILES string of the molecule is CC(C)(CC(=O)N1CCOCC1C(=O)NC1CC1)C(=O)O. The molecule has 7 nitrogen and oxygen atoms in total. The van der Waals surface area contributed by atoms with E-state index in [0.717, 1.165) is 12.8 Å². The lowest BCUT2D eigenvalue weighted by molar-refractivity contribution is -0.156. The Morgan fingerprint density at radius 2 is 2.00 bits per heavy atom. The number of nitrogens with zero attached hydrogens (tertiary/aromatic N) is 1. The third kappa shape index (κ3) is 3.93. The van der Waals surface area contributed by atoms with E-state index in [1.54, 1.807) is 0 Å². The van der Waals surface area contributed by atoms with Gasteiger partial charge in [0.05, 0.1) is 18.6 Å². The molecule has 2 aliphatic rings. The number of morpholine rings is 1. The van der Waals surface area contributed by atoms with Gasteiger partial charge in [0.25, 0.3) is 0 Å². The van der Waals surface area contributed by atoms with Gasteiger partial charge in [0.1, 0.15) is 6.04 Å². The van der Waals surface area contributed by atoms with Crippen LogP contribution in [0, 0.1) is 5.41 Å². The third-order valence-corrected chi connectivity index (χ3v) is 3.85. The molecule has 1 aliphatic heterocycles. The number of hydrogen-bond donors (Lipinski definition) is 2. The maximum atomic E-state index is 12.4. The first kappa shape index (κ1) is 15.8. The fourth-order valence-corrected chi connectivity index (χ4v) is 2.20. The monoisotopic (exact) mass is 298 g/mol. The number of carbonyl (C=O) groups excluding carboxylic acids is 2. The standard InChI is InChI=1S/C14H22N2O5/c1-14(2,13(19)20)7-11(17)16-5-6-21-8-10(16)12(18)15-9-3-4-9/h9-10H,3-8H2,1-2H3,(H,15,18)(H,19,20). The van der Waals surface area contributed by atoms with Gasteiger partial charge in [-0.05, 0) is 26.7 Å². The van der Waals surface area contributed by atoms with E-state index in [1.165, 1.54) is 18.7 Å². The summed E-state index contributed by atoms with van der Waals surface area (Å²) in [5.41, 5.74) is -1.15. The van der Waals surface area contributed by atoms with Crippen LogP contribution in [0.4, 0.5) is 0 Å². The molecule has 2 amide bonds. The Morgan fingerprint density at radius 3 is 2.57 bits per heavy atom. The normalized spacial score (nSPS) is 22.8. The van der Waals surface area contributed by atoms with Crippen molar-refractivity contribution in [2.75, 3.05) is 19.8 Å². The van der Waals surface area contributed by atoms with Gasteiger partial charge in [-0.25, -0.2) is 0 Å². The second-order valence-corrected chi connectivity index (χ2v) is 6.33. The molecular weight excluding hydrogens is 276 g/mol. The van der Waals surface area contributed by atoms with Gasteiger partial charge in [0, 0.05) is 19.0 Å². The zero-order chi connectivity index (χ0) is 15.6. The molecular formula is C14H22N2O5. The summed E-state index contributed by atoms with van der Waals surface area (Å²) in [5.74, 6) is -1.55. The van der Waals surface area contributed by atoms with Crippen LogP contribution < -0.4 is 5.32 Å². The van der Waals surface area contributed by atoms with Gasteiger partial charge in [0.2, 0.25) is 11.8 Å². The van der Waals surface area contributed by atoms with Gasteiger partial charge in [-0.2, -0.15) is 0 Å². The molecule has 0 spiro atoms. The topological polar surface area (TPSA) is 95.9 Å². The summed E-state index contributed by atoms with van der Waals surface area (Å²) in [6, 6.07) is -0.441. The van der Waals surface area contributed by atoms with Crippen molar-refractivity contribution < 1.29 is 24.2 Å². The van der Waals surface area contributed by atoms with Crippen molar-refractivity contribution in [3.05, 3.63) is 0 Å². The van der Waals surface area contributed by atoms with Crippen molar-refractivity contribution in [2.45, 2.75) is 45.2 Å². The zero-order valence-electron chi connectivity index (χ0n) is 12.4. The van der Waals surface area contributed by atoms with E-state index in [2.05, 4.69) is 5.32 Å². The highest BCUT2D eigenvalue weighted by atomic mass is 16.5. The number of rotatable bonds is 5. The molecule has 0 aromatic rings. The molecule has 118 valence electrons. The smallest absolute Gasteiger partial charge is 0.309 e. The second-order valence-electron chi connectivity index (χ2n) is 6.33. The molecule has 0 aromatic carbocycles. The summed E-state index contributed by atoms with van der Waals surface area (Å²) in [7, 11) is 0. The molecule has 1 heterocycles. The Balaban J connectivity index is 2.01. The average Bonchev–Trinajstić information content (AvgIpc) is 3.22. The lowest BCUT2D eigenvalue weighted by atomic mass is 9.88. The van der Waals surface area contributed by atoms with Crippen LogP contribution in [0.5, 0.6) is 0 Å².